The molecule has 1 saturated carbocycles. The molecule has 3 N–H and O–H groups in total. The number of hydrogen-bond acceptors (Lipinski definition) is 7. The summed E-state index contributed by atoms with van der Waals surface area (Å²) in [5, 5.41) is 7.92. The average molecular weight is 554 g/mol. The Bertz CT molecular complexity index is 1570. The molecule has 12 heteroatoms. The van der Waals surface area contributed by atoms with Gasteiger partial charge in [0, 0.05) is 50.0 Å². The monoisotopic (exact) mass is 554 g/mol. The number of amides is 3. The Hall–Kier alpha value is -4.48. The smallest absolute Gasteiger partial charge is 0.269 e. The normalized spacial score (nSPS) is 15.0. The molecule has 0 aliphatic heterocycles. The standard InChI is InChI=1S/C29H35BN8O3/c1-17-5-4-6-19(26(17)30)12-32-24(39)15-37(21-8-9-21)25(40)16-38-23-10-7-18(11-22(23)27(35-38)28(31)41)20-13-33-29(34-14-20)36(2)3/h6-7,10-11,13-14,21H,4-5,8-9,12,15-16,30H2,1-3H3,(H2,31,41)(H,32,39). The molecular formula is C29H35BN8O3. The lowest BCUT2D eigenvalue weighted by Gasteiger charge is -2.23. The second kappa shape index (κ2) is 11.6. The van der Waals surface area contributed by atoms with Crippen LogP contribution < -0.4 is 16.0 Å². The van der Waals surface area contributed by atoms with Gasteiger partial charge in [0.05, 0.1) is 12.1 Å². The maximum absolute atomic E-state index is 13.5. The van der Waals surface area contributed by atoms with E-state index in [1.165, 1.54) is 15.7 Å². The molecule has 212 valence electrons. The van der Waals surface area contributed by atoms with E-state index in [1.54, 1.807) is 28.3 Å². The number of carbonyl (C=O) groups is 3. The zero-order chi connectivity index (χ0) is 29.3. The number of nitrogens with zero attached hydrogens (tertiary/aromatic N) is 6. The quantitative estimate of drug-likeness (QED) is 0.361. The first-order chi connectivity index (χ1) is 19.6. The van der Waals surface area contributed by atoms with Gasteiger partial charge in [-0.25, -0.2) is 9.97 Å². The lowest BCUT2D eigenvalue weighted by Crippen LogP contribution is -2.44. The first-order valence-corrected chi connectivity index (χ1v) is 13.8. The third kappa shape index (κ3) is 6.16. The van der Waals surface area contributed by atoms with Gasteiger partial charge < -0.3 is 20.9 Å². The van der Waals surface area contributed by atoms with Gasteiger partial charge in [0.1, 0.15) is 14.4 Å². The minimum Gasteiger partial charge on any atom is -0.364 e. The van der Waals surface area contributed by atoms with Gasteiger partial charge in [0.25, 0.3) is 5.91 Å². The minimum atomic E-state index is -0.687. The Morgan fingerprint density at radius 2 is 1.88 bits per heavy atom. The van der Waals surface area contributed by atoms with Gasteiger partial charge in [-0.05, 0) is 55.9 Å². The van der Waals surface area contributed by atoms with Crippen molar-refractivity contribution in [3.8, 4) is 11.1 Å². The van der Waals surface area contributed by atoms with E-state index in [1.807, 2.05) is 26.2 Å². The van der Waals surface area contributed by atoms with Crippen molar-refractivity contribution in [1.82, 2.24) is 30.0 Å². The fourth-order valence-corrected chi connectivity index (χ4v) is 5.08. The van der Waals surface area contributed by atoms with Crippen LogP contribution in [0.25, 0.3) is 22.0 Å². The second-order valence-electron chi connectivity index (χ2n) is 11.0. The highest BCUT2D eigenvalue weighted by atomic mass is 16.2. The molecule has 0 unspecified atom stereocenters. The van der Waals surface area contributed by atoms with Crippen molar-refractivity contribution in [2.75, 3.05) is 32.1 Å². The average Bonchev–Trinajstić information content (AvgIpc) is 3.73. The van der Waals surface area contributed by atoms with E-state index in [0.717, 1.165) is 42.4 Å². The molecule has 1 aromatic carbocycles. The van der Waals surface area contributed by atoms with E-state index in [2.05, 4.69) is 41.2 Å². The summed E-state index contributed by atoms with van der Waals surface area (Å²) in [5.41, 5.74) is 11.6. The molecule has 2 heterocycles. The van der Waals surface area contributed by atoms with Gasteiger partial charge in [-0.3, -0.25) is 19.1 Å². The number of nitrogens with one attached hydrogen (secondary N) is 1. The highest BCUT2D eigenvalue weighted by molar-refractivity contribution is 6.25. The highest BCUT2D eigenvalue weighted by Crippen LogP contribution is 2.29. The van der Waals surface area contributed by atoms with E-state index in [0.29, 0.717) is 23.4 Å². The summed E-state index contributed by atoms with van der Waals surface area (Å²) in [6, 6.07) is 5.51. The number of primary amides is 1. The second-order valence-corrected chi connectivity index (χ2v) is 11.0. The van der Waals surface area contributed by atoms with Crippen LogP contribution in [0.3, 0.4) is 0 Å². The van der Waals surface area contributed by atoms with Gasteiger partial charge in [-0.2, -0.15) is 5.10 Å². The Kier molecular flexibility index (Phi) is 7.91. The molecule has 0 atom stereocenters. The van der Waals surface area contributed by atoms with Crippen molar-refractivity contribution < 1.29 is 14.4 Å². The Morgan fingerprint density at radius 3 is 2.54 bits per heavy atom. The fraction of sp³-hybridized carbons (Fsp3) is 0.379. The molecule has 2 aliphatic rings. The van der Waals surface area contributed by atoms with Gasteiger partial charge in [-0.15, -0.1) is 0 Å². The number of nitrogens with two attached hydrogens (primary N) is 1. The van der Waals surface area contributed by atoms with Crippen LogP contribution >= 0.6 is 0 Å². The van der Waals surface area contributed by atoms with Crippen LogP contribution in [0.5, 0.6) is 0 Å². The van der Waals surface area contributed by atoms with Crippen molar-refractivity contribution in [2.24, 2.45) is 5.73 Å². The Labute approximate surface area is 239 Å². The third-order valence-corrected chi connectivity index (χ3v) is 7.77. The van der Waals surface area contributed by atoms with Crippen LogP contribution in [0.1, 0.15) is 43.1 Å². The number of fused-ring (bicyclic) bond motifs is 1. The van der Waals surface area contributed by atoms with Gasteiger partial charge in [0.2, 0.25) is 17.8 Å². The fourth-order valence-electron chi connectivity index (χ4n) is 5.08. The summed E-state index contributed by atoms with van der Waals surface area (Å²) in [7, 11) is 5.81. The molecule has 41 heavy (non-hydrogen) atoms. The van der Waals surface area contributed by atoms with Crippen LogP contribution in [-0.2, 0) is 16.1 Å². The molecule has 3 amide bonds. The molecular weight excluding hydrogens is 519 g/mol. The van der Waals surface area contributed by atoms with Crippen molar-refractivity contribution in [1.29, 1.82) is 0 Å². The van der Waals surface area contributed by atoms with Gasteiger partial charge in [-0.1, -0.05) is 23.2 Å². The van der Waals surface area contributed by atoms with E-state index in [-0.39, 0.29) is 36.6 Å². The lowest BCUT2D eigenvalue weighted by atomic mass is 9.79. The van der Waals surface area contributed by atoms with E-state index >= 15 is 0 Å². The number of benzene rings is 1. The Morgan fingerprint density at radius 1 is 1.15 bits per heavy atom. The number of aromatic nitrogens is 4. The van der Waals surface area contributed by atoms with Crippen molar-refractivity contribution >= 4 is 42.4 Å². The van der Waals surface area contributed by atoms with Crippen LogP contribution in [0.15, 0.2) is 53.3 Å². The Balaban J connectivity index is 1.32. The van der Waals surface area contributed by atoms with Crippen molar-refractivity contribution in [3.05, 3.63) is 59.0 Å². The first kappa shape index (κ1) is 28.1. The summed E-state index contributed by atoms with van der Waals surface area (Å²) in [6.07, 6.45) is 9.33. The SMILES string of the molecule is BC1=C(C)CCC=C1CNC(=O)CN(C(=O)Cn1nc(C(N)=O)c2cc(-c3cnc(N(C)C)nc3)ccc21)C1CC1. The van der Waals surface area contributed by atoms with Crippen LogP contribution in [0.4, 0.5) is 5.95 Å². The van der Waals surface area contributed by atoms with Crippen LogP contribution in [0, 0.1) is 0 Å². The maximum Gasteiger partial charge on any atom is 0.269 e. The van der Waals surface area contributed by atoms with Crippen molar-refractivity contribution in [3.63, 3.8) is 0 Å². The number of anilines is 1. The molecule has 0 spiro atoms. The largest absolute Gasteiger partial charge is 0.364 e. The molecule has 2 aromatic heterocycles. The summed E-state index contributed by atoms with van der Waals surface area (Å²) in [6.45, 7) is 2.44. The predicted octanol–water partition coefficient (Wildman–Crippen LogP) is 1.39. The first-order valence-electron chi connectivity index (χ1n) is 13.8. The maximum atomic E-state index is 13.5. The topological polar surface area (TPSA) is 139 Å². The number of hydrogen-bond donors (Lipinski definition) is 2. The predicted molar refractivity (Wildman–Crippen MR) is 160 cm³/mol. The summed E-state index contributed by atoms with van der Waals surface area (Å²) in [4.78, 5) is 50.8. The minimum absolute atomic E-state index is 0.0203. The van der Waals surface area contributed by atoms with E-state index in [4.69, 9.17) is 5.73 Å². The molecule has 5 rings (SSSR count). The van der Waals surface area contributed by atoms with E-state index in [9.17, 15) is 14.4 Å². The number of rotatable bonds is 10. The molecule has 1 fully saturated rings. The molecule has 0 bridgehead atoms. The number of carbonyl (C=O) groups excluding carboxylic acids is 3. The summed E-state index contributed by atoms with van der Waals surface area (Å²) >= 11 is 0. The molecule has 3 aromatic rings. The zero-order valence-corrected chi connectivity index (χ0v) is 24.0. The van der Waals surface area contributed by atoms with Crippen LogP contribution in [0.2, 0.25) is 0 Å². The third-order valence-electron chi connectivity index (χ3n) is 7.77. The summed E-state index contributed by atoms with van der Waals surface area (Å²) in [5.74, 6) is -0.533. The molecule has 0 radical (unpaired) electrons. The molecule has 2 aliphatic carbocycles. The van der Waals surface area contributed by atoms with Crippen molar-refractivity contribution in [2.45, 2.75) is 45.2 Å². The molecule has 11 nitrogen and oxygen atoms in total. The lowest BCUT2D eigenvalue weighted by molar-refractivity contribution is -0.137. The van der Waals surface area contributed by atoms with Crippen LogP contribution in [-0.4, -0.2) is 83.4 Å². The van der Waals surface area contributed by atoms with E-state index < -0.39 is 5.91 Å². The number of allylic oxidation sites excluding steroid dienone is 2. The van der Waals surface area contributed by atoms with Gasteiger partial charge in [0.15, 0.2) is 5.69 Å². The zero-order valence-electron chi connectivity index (χ0n) is 24.0. The highest BCUT2D eigenvalue weighted by Gasteiger charge is 2.34. The summed E-state index contributed by atoms with van der Waals surface area (Å²) < 4.78 is 1.49. The van der Waals surface area contributed by atoms with Gasteiger partial charge >= 0.3 is 0 Å². The molecule has 0 saturated heterocycles.